The molecule has 2 aliphatic heterocycles. The molecule has 4 aromatic rings. The van der Waals surface area contributed by atoms with Crippen LogP contribution in [0.4, 0.5) is 11.4 Å². The number of aromatic nitrogens is 2. The average molecular weight is 679 g/mol. The SMILES string of the molecule is COc1ccc(C(=O)N(c2cccnc2)C2CCN(CC(O)CN3CCC(N(C(=O)c4ccc(OC)cc4)c4cccnc4)CC3)CC2)cc1. The molecule has 0 aliphatic carbocycles. The molecule has 11 heteroatoms. The van der Waals surface area contributed by atoms with Crippen molar-refractivity contribution in [2.45, 2.75) is 43.9 Å². The highest BCUT2D eigenvalue weighted by Crippen LogP contribution is 2.28. The smallest absolute Gasteiger partial charge is 0.258 e. The molecule has 0 saturated carbocycles. The van der Waals surface area contributed by atoms with E-state index in [2.05, 4.69) is 19.8 Å². The average Bonchev–Trinajstić information content (AvgIpc) is 3.17. The molecule has 6 rings (SSSR count). The summed E-state index contributed by atoms with van der Waals surface area (Å²) in [5.41, 5.74) is 2.76. The molecule has 0 bridgehead atoms. The van der Waals surface area contributed by atoms with Gasteiger partial charge in [-0.2, -0.15) is 0 Å². The maximum Gasteiger partial charge on any atom is 0.258 e. The fraction of sp³-hybridized carbons (Fsp3) is 0.385. The Morgan fingerprint density at radius 1 is 0.680 bits per heavy atom. The molecule has 0 radical (unpaired) electrons. The van der Waals surface area contributed by atoms with E-state index < -0.39 is 6.10 Å². The molecule has 262 valence electrons. The molecular formula is C39H46N6O5. The first-order valence-corrected chi connectivity index (χ1v) is 17.3. The van der Waals surface area contributed by atoms with Crippen LogP contribution in [0.25, 0.3) is 0 Å². The van der Waals surface area contributed by atoms with E-state index in [1.807, 2.05) is 34.1 Å². The normalized spacial score (nSPS) is 16.2. The predicted octanol–water partition coefficient (Wildman–Crippen LogP) is 4.78. The van der Waals surface area contributed by atoms with E-state index in [9.17, 15) is 14.7 Å². The molecule has 2 aromatic heterocycles. The molecule has 2 saturated heterocycles. The number of amides is 2. The third-order valence-corrected chi connectivity index (χ3v) is 9.74. The third-order valence-electron chi connectivity index (χ3n) is 9.74. The van der Waals surface area contributed by atoms with Crippen LogP contribution in [0.5, 0.6) is 11.5 Å². The standard InChI is InChI=1S/C39H46N6O5/c1-49-36-11-7-29(8-12-36)38(47)44(33-5-3-19-40-25-33)31-15-21-42(22-16-31)27-35(46)28-43-23-17-32(18-24-43)45(34-6-4-20-41-26-34)39(48)30-9-13-37(50-2)14-10-30/h3-14,19-20,25-26,31-32,35,46H,15-18,21-24,27-28H2,1-2H3. The minimum Gasteiger partial charge on any atom is -0.497 e. The number of aliphatic hydroxyl groups excluding tert-OH is 1. The van der Waals surface area contributed by atoms with Gasteiger partial charge in [0, 0.05) is 74.9 Å². The van der Waals surface area contributed by atoms with E-state index in [1.165, 1.54) is 0 Å². The number of anilines is 2. The summed E-state index contributed by atoms with van der Waals surface area (Å²) in [7, 11) is 3.22. The van der Waals surface area contributed by atoms with E-state index >= 15 is 0 Å². The number of aliphatic hydroxyl groups is 1. The van der Waals surface area contributed by atoms with Crippen LogP contribution in [-0.4, -0.2) is 108 Å². The van der Waals surface area contributed by atoms with E-state index in [1.54, 1.807) is 87.5 Å². The number of rotatable bonds is 12. The van der Waals surface area contributed by atoms with Gasteiger partial charge < -0.3 is 34.2 Å². The largest absolute Gasteiger partial charge is 0.497 e. The van der Waals surface area contributed by atoms with Gasteiger partial charge in [0.25, 0.3) is 11.8 Å². The number of β-amino-alcohol motifs (C(OH)–C–C–N with tert-alkyl or cyclic N) is 1. The number of carbonyl (C=O) groups is 2. The number of hydrogen-bond donors (Lipinski definition) is 1. The predicted molar refractivity (Wildman–Crippen MR) is 193 cm³/mol. The molecule has 0 atom stereocenters. The van der Waals surface area contributed by atoms with Crippen LogP contribution in [0.3, 0.4) is 0 Å². The topological polar surface area (TPSA) is 112 Å². The van der Waals surface area contributed by atoms with Crippen molar-refractivity contribution in [1.29, 1.82) is 0 Å². The first kappa shape index (κ1) is 35.0. The number of ether oxygens (including phenoxy) is 2. The Bertz CT molecular complexity index is 1530. The lowest BCUT2D eigenvalue weighted by molar-refractivity contribution is 0.0555. The number of methoxy groups -OCH3 is 2. The molecule has 2 aliphatic rings. The summed E-state index contributed by atoms with van der Waals surface area (Å²) in [5.74, 6) is 1.29. The lowest BCUT2D eigenvalue weighted by Crippen LogP contribution is -2.51. The van der Waals surface area contributed by atoms with Crippen LogP contribution in [0, 0.1) is 0 Å². The second-order valence-electron chi connectivity index (χ2n) is 12.9. The Hall–Kier alpha value is -4.84. The first-order chi connectivity index (χ1) is 24.4. The van der Waals surface area contributed by atoms with Crippen molar-refractivity contribution in [2.75, 3.05) is 63.3 Å². The fourth-order valence-corrected chi connectivity index (χ4v) is 7.10. The van der Waals surface area contributed by atoms with Gasteiger partial charge in [-0.15, -0.1) is 0 Å². The second-order valence-corrected chi connectivity index (χ2v) is 12.9. The molecule has 2 aromatic carbocycles. The van der Waals surface area contributed by atoms with Crippen LogP contribution in [0.1, 0.15) is 46.4 Å². The molecule has 11 nitrogen and oxygen atoms in total. The van der Waals surface area contributed by atoms with Gasteiger partial charge in [0.2, 0.25) is 0 Å². The number of benzene rings is 2. The number of hydrogen-bond acceptors (Lipinski definition) is 9. The van der Waals surface area contributed by atoms with E-state index in [-0.39, 0.29) is 23.9 Å². The van der Waals surface area contributed by atoms with Gasteiger partial charge in [0.1, 0.15) is 11.5 Å². The number of likely N-dealkylation sites (tertiary alicyclic amines) is 2. The third kappa shape index (κ3) is 8.47. The summed E-state index contributed by atoms with van der Waals surface area (Å²) in [4.78, 5) is 44.5. The Morgan fingerprint density at radius 2 is 1.06 bits per heavy atom. The zero-order valence-corrected chi connectivity index (χ0v) is 28.8. The van der Waals surface area contributed by atoms with Crippen LogP contribution >= 0.6 is 0 Å². The van der Waals surface area contributed by atoms with Crippen LogP contribution in [0.2, 0.25) is 0 Å². The maximum absolute atomic E-state index is 13.8. The molecule has 4 heterocycles. The molecule has 2 amide bonds. The lowest BCUT2D eigenvalue weighted by atomic mass is 9.99. The van der Waals surface area contributed by atoms with Gasteiger partial charge in [-0.25, -0.2) is 0 Å². The minimum atomic E-state index is -0.506. The molecule has 2 fully saturated rings. The minimum absolute atomic E-state index is 0.0182. The zero-order chi connectivity index (χ0) is 34.9. The number of nitrogens with zero attached hydrogens (tertiary/aromatic N) is 6. The van der Waals surface area contributed by atoms with Crippen LogP contribution < -0.4 is 19.3 Å². The van der Waals surface area contributed by atoms with Crippen LogP contribution in [-0.2, 0) is 0 Å². The highest BCUT2D eigenvalue weighted by Gasteiger charge is 2.33. The van der Waals surface area contributed by atoms with Crippen molar-refractivity contribution in [3.05, 3.63) is 109 Å². The van der Waals surface area contributed by atoms with Gasteiger partial charge >= 0.3 is 0 Å². The van der Waals surface area contributed by atoms with Gasteiger partial charge in [-0.1, -0.05) is 0 Å². The van der Waals surface area contributed by atoms with Crippen molar-refractivity contribution >= 4 is 23.2 Å². The quantitative estimate of drug-likeness (QED) is 0.226. The Labute approximate surface area is 294 Å². The summed E-state index contributed by atoms with van der Waals surface area (Å²) in [6.07, 6.45) is 9.58. The van der Waals surface area contributed by atoms with E-state index in [4.69, 9.17) is 9.47 Å². The van der Waals surface area contributed by atoms with Gasteiger partial charge in [-0.05, 0) is 98.5 Å². The monoisotopic (exact) mass is 678 g/mol. The van der Waals surface area contributed by atoms with Gasteiger partial charge in [0.15, 0.2) is 0 Å². The Morgan fingerprint density at radius 3 is 1.38 bits per heavy atom. The molecular weight excluding hydrogens is 632 g/mol. The highest BCUT2D eigenvalue weighted by molar-refractivity contribution is 6.07. The molecule has 1 N–H and O–H groups in total. The van der Waals surface area contributed by atoms with Crippen molar-refractivity contribution in [2.24, 2.45) is 0 Å². The number of carbonyl (C=O) groups excluding carboxylic acids is 2. The van der Waals surface area contributed by atoms with E-state index in [0.717, 1.165) is 63.2 Å². The van der Waals surface area contributed by atoms with E-state index in [0.29, 0.717) is 35.7 Å². The fourth-order valence-electron chi connectivity index (χ4n) is 7.10. The molecule has 50 heavy (non-hydrogen) atoms. The molecule has 0 unspecified atom stereocenters. The number of pyridine rings is 2. The summed E-state index contributed by atoms with van der Waals surface area (Å²) < 4.78 is 10.6. The second kappa shape index (κ2) is 16.7. The Balaban J connectivity index is 1.02. The number of piperidine rings is 2. The van der Waals surface area contributed by atoms with Crippen molar-refractivity contribution in [3.8, 4) is 11.5 Å². The van der Waals surface area contributed by atoms with Crippen molar-refractivity contribution in [3.63, 3.8) is 0 Å². The zero-order valence-electron chi connectivity index (χ0n) is 28.8. The Kier molecular flexibility index (Phi) is 11.7. The summed E-state index contributed by atoms with van der Waals surface area (Å²) >= 11 is 0. The maximum atomic E-state index is 13.8. The van der Waals surface area contributed by atoms with Crippen molar-refractivity contribution in [1.82, 2.24) is 19.8 Å². The van der Waals surface area contributed by atoms with Crippen LogP contribution in [0.15, 0.2) is 97.6 Å². The van der Waals surface area contributed by atoms with Gasteiger partial charge in [0.05, 0.1) is 44.1 Å². The summed E-state index contributed by atoms with van der Waals surface area (Å²) in [5, 5.41) is 11.2. The first-order valence-electron chi connectivity index (χ1n) is 17.3. The summed E-state index contributed by atoms with van der Waals surface area (Å²) in [6, 6.07) is 22.0. The lowest BCUT2D eigenvalue weighted by Gasteiger charge is -2.41. The van der Waals surface area contributed by atoms with Crippen molar-refractivity contribution < 1.29 is 24.2 Å². The van der Waals surface area contributed by atoms with Gasteiger partial charge in [-0.3, -0.25) is 19.6 Å². The summed E-state index contributed by atoms with van der Waals surface area (Å²) in [6.45, 7) is 4.27. The molecule has 0 spiro atoms. The highest BCUT2D eigenvalue weighted by atomic mass is 16.5.